The molecule has 6 nitrogen and oxygen atoms in total. The molecule has 0 fully saturated rings. The molecule has 4 aromatic carbocycles. The number of carbonyl (C=O) groups is 1. The van der Waals surface area contributed by atoms with Crippen LogP contribution in [0.1, 0.15) is 29.2 Å². The Kier molecular flexibility index (Phi) is 10.4. The quantitative estimate of drug-likeness (QED) is 0.140. The van der Waals surface area contributed by atoms with Crippen molar-refractivity contribution < 1.29 is 4.79 Å². The second kappa shape index (κ2) is 14.2. The number of aromatic nitrogens is 2. The van der Waals surface area contributed by atoms with Gasteiger partial charge in [-0.1, -0.05) is 64.6 Å². The van der Waals surface area contributed by atoms with Crippen molar-refractivity contribution in [2.24, 2.45) is 5.73 Å². The molecular weight excluding hydrogens is 636 g/mol. The maximum absolute atomic E-state index is 12.1. The predicted octanol–water partition coefficient (Wildman–Crippen LogP) is 8.55. The number of carbonyl (C=O) groups excluding carboxylic acids is 1. The minimum atomic E-state index is -0.415. The number of nitrogens with one attached hydrogen (secondary N) is 1. The number of fused-ring (bicyclic) bond motifs is 1. The van der Waals surface area contributed by atoms with Crippen LogP contribution < -0.4 is 16.0 Å². The van der Waals surface area contributed by atoms with Gasteiger partial charge in [-0.2, -0.15) is 0 Å². The van der Waals surface area contributed by atoms with E-state index in [9.17, 15) is 4.79 Å². The summed E-state index contributed by atoms with van der Waals surface area (Å²) >= 11 is 24.8. The van der Waals surface area contributed by atoms with E-state index in [0.717, 1.165) is 44.8 Å². The summed E-state index contributed by atoms with van der Waals surface area (Å²) in [5, 5.41) is 5.39. The zero-order valence-corrected chi connectivity index (χ0v) is 26.9. The minimum absolute atomic E-state index is 0.111. The molecule has 10 heteroatoms. The molecule has 3 N–H and O–H groups in total. The maximum atomic E-state index is 12.1. The van der Waals surface area contributed by atoms with Gasteiger partial charge >= 0.3 is 0 Å². The smallest absolute Gasteiger partial charge is 0.219 e. The Morgan fingerprint density at radius 3 is 2.09 bits per heavy atom. The Labute approximate surface area is 277 Å². The van der Waals surface area contributed by atoms with Crippen LogP contribution in [0.5, 0.6) is 0 Å². The third-order valence-electron chi connectivity index (χ3n) is 7.47. The number of halogens is 4. The fraction of sp³-hybridized carbons (Fsp3) is 0.176. The van der Waals surface area contributed by atoms with E-state index in [-0.39, 0.29) is 12.5 Å². The summed E-state index contributed by atoms with van der Waals surface area (Å²) in [5.41, 5.74) is 12.2. The van der Waals surface area contributed by atoms with Crippen LogP contribution in [0.2, 0.25) is 20.1 Å². The molecule has 1 amide bonds. The first-order valence-electron chi connectivity index (χ1n) is 14.0. The third-order valence-corrected chi connectivity index (χ3v) is 8.95. The molecule has 1 aromatic heterocycles. The molecule has 2 radical (unpaired) electrons. The molecule has 0 bridgehead atoms. The summed E-state index contributed by atoms with van der Waals surface area (Å²) in [6.45, 7) is 10.2. The molecule has 0 spiro atoms. The molecule has 1 atom stereocenters. The fourth-order valence-electron chi connectivity index (χ4n) is 5.16. The molecule has 1 heterocycles. The van der Waals surface area contributed by atoms with E-state index >= 15 is 0 Å². The van der Waals surface area contributed by atoms with Crippen LogP contribution >= 0.6 is 46.4 Å². The van der Waals surface area contributed by atoms with Crippen molar-refractivity contribution >= 4 is 69.0 Å². The Balaban J connectivity index is 1.54. The highest BCUT2D eigenvalue weighted by molar-refractivity contribution is 6.42. The number of amides is 1. The molecule has 0 saturated carbocycles. The van der Waals surface area contributed by atoms with Crippen LogP contribution in [-0.4, -0.2) is 28.5 Å². The van der Waals surface area contributed by atoms with Crippen LogP contribution in [0, 0.1) is 13.8 Å². The van der Waals surface area contributed by atoms with Gasteiger partial charge in [-0.15, -0.1) is 0 Å². The molecule has 1 unspecified atom stereocenters. The van der Waals surface area contributed by atoms with E-state index in [1.165, 1.54) is 0 Å². The summed E-state index contributed by atoms with van der Waals surface area (Å²) < 4.78 is 2.15. The SMILES string of the molecule is [CH2]CN(C[CH2])c1ccc(-c2nc3cc(C(CC(N)=O)NCc4ccc(Cl)c(Cl)c4)ccc3n2Cc2ccc(Cl)c(Cl)c2)cc1. The van der Waals surface area contributed by atoms with Crippen molar-refractivity contribution in [1.29, 1.82) is 0 Å². The number of hydrogen-bond acceptors (Lipinski definition) is 4. The Morgan fingerprint density at radius 2 is 1.48 bits per heavy atom. The highest BCUT2D eigenvalue weighted by Gasteiger charge is 2.19. The largest absolute Gasteiger partial charge is 0.372 e. The lowest BCUT2D eigenvalue weighted by Gasteiger charge is -2.21. The zero-order valence-electron chi connectivity index (χ0n) is 23.9. The Morgan fingerprint density at radius 1 is 0.841 bits per heavy atom. The molecule has 226 valence electrons. The zero-order chi connectivity index (χ0) is 31.4. The van der Waals surface area contributed by atoms with Gasteiger partial charge in [-0.25, -0.2) is 4.98 Å². The van der Waals surface area contributed by atoms with Crippen molar-refractivity contribution in [2.75, 3.05) is 18.0 Å². The van der Waals surface area contributed by atoms with E-state index in [0.29, 0.717) is 46.3 Å². The van der Waals surface area contributed by atoms with Crippen molar-refractivity contribution in [3.63, 3.8) is 0 Å². The van der Waals surface area contributed by atoms with Crippen LogP contribution in [0.15, 0.2) is 78.9 Å². The summed E-state index contributed by atoms with van der Waals surface area (Å²) in [6, 6.07) is 24.9. The molecular formula is C34H31Cl4N5O. The first kappa shape index (κ1) is 32.1. The number of nitrogens with two attached hydrogens (primary N) is 1. The van der Waals surface area contributed by atoms with Crippen LogP contribution in [0.25, 0.3) is 22.4 Å². The average molecular weight is 667 g/mol. The van der Waals surface area contributed by atoms with Gasteiger partial charge in [0, 0.05) is 49.9 Å². The number of primary amides is 1. The van der Waals surface area contributed by atoms with E-state index in [2.05, 4.69) is 52.9 Å². The molecule has 0 aliphatic carbocycles. The van der Waals surface area contributed by atoms with Crippen molar-refractivity contribution in [2.45, 2.75) is 25.6 Å². The number of benzene rings is 4. The standard InChI is InChI=1S/C34H31Cl4N5O/c1-3-42(4-2)25-10-7-23(8-11-25)34-41-31-17-24(9-14-32(31)43(34)20-22-6-13-27(36)29(38)16-22)30(18-33(39)44)40-19-21-5-12-26(35)28(37)15-21/h5-17,30,40H,1-4,18-20H2,(H2,39,44). The lowest BCUT2D eigenvalue weighted by Crippen LogP contribution is -2.26. The minimum Gasteiger partial charge on any atom is -0.372 e. The average Bonchev–Trinajstić information content (AvgIpc) is 3.37. The first-order chi connectivity index (χ1) is 21.2. The molecule has 0 aliphatic heterocycles. The van der Waals surface area contributed by atoms with Gasteiger partial charge < -0.3 is 20.5 Å². The number of imidazole rings is 1. The monoisotopic (exact) mass is 665 g/mol. The van der Waals surface area contributed by atoms with Gasteiger partial charge in [-0.05, 0) is 91.2 Å². The van der Waals surface area contributed by atoms with Crippen molar-refractivity contribution in [3.8, 4) is 11.4 Å². The van der Waals surface area contributed by atoms with E-state index in [4.69, 9.17) is 57.1 Å². The van der Waals surface area contributed by atoms with Gasteiger partial charge in [-0.3, -0.25) is 4.79 Å². The molecule has 5 rings (SSSR count). The molecule has 0 saturated heterocycles. The summed E-state index contributed by atoms with van der Waals surface area (Å²) in [6.07, 6.45) is 0.111. The Hall–Kier alpha value is -3.26. The van der Waals surface area contributed by atoms with Gasteiger partial charge in [0.2, 0.25) is 5.91 Å². The number of hydrogen-bond donors (Lipinski definition) is 2. The normalized spacial score (nSPS) is 12.0. The molecule has 5 aromatic rings. The predicted molar refractivity (Wildman–Crippen MR) is 184 cm³/mol. The highest BCUT2D eigenvalue weighted by atomic mass is 35.5. The number of anilines is 1. The lowest BCUT2D eigenvalue weighted by molar-refractivity contribution is -0.118. The number of nitrogens with zero attached hydrogens (tertiary/aromatic N) is 3. The summed E-state index contributed by atoms with van der Waals surface area (Å²) in [4.78, 5) is 19.2. The van der Waals surface area contributed by atoms with Crippen molar-refractivity contribution in [3.05, 3.63) is 129 Å². The molecule has 0 aliphatic rings. The van der Waals surface area contributed by atoms with E-state index in [1.54, 1.807) is 18.2 Å². The Bertz CT molecular complexity index is 1780. The lowest BCUT2D eigenvalue weighted by atomic mass is 10.0. The number of rotatable bonds is 12. The topological polar surface area (TPSA) is 76.2 Å². The second-order valence-corrected chi connectivity index (χ2v) is 12.0. The first-order valence-corrected chi connectivity index (χ1v) is 15.5. The van der Waals surface area contributed by atoms with Crippen LogP contribution in [-0.2, 0) is 17.9 Å². The van der Waals surface area contributed by atoms with Gasteiger partial charge in [0.1, 0.15) is 5.82 Å². The van der Waals surface area contributed by atoms with Gasteiger partial charge in [0.25, 0.3) is 0 Å². The summed E-state index contributed by atoms with van der Waals surface area (Å²) in [7, 11) is 0. The maximum Gasteiger partial charge on any atom is 0.219 e. The molecule has 44 heavy (non-hydrogen) atoms. The van der Waals surface area contributed by atoms with Gasteiger partial charge in [0.05, 0.1) is 31.1 Å². The summed E-state index contributed by atoms with van der Waals surface area (Å²) in [5.74, 6) is 0.377. The highest BCUT2D eigenvalue weighted by Crippen LogP contribution is 2.32. The van der Waals surface area contributed by atoms with Gasteiger partial charge in [0.15, 0.2) is 0 Å². The third kappa shape index (κ3) is 7.33. The fourth-order valence-corrected chi connectivity index (χ4v) is 5.80. The van der Waals surface area contributed by atoms with Crippen LogP contribution in [0.3, 0.4) is 0 Å². The van der Waals surface area contributed by atoms with Crippen molar-refractivity contribution in [1.82, 2.24) is 14.9 Å². The van der Waals surface area contributed by atoms with E-state index < -0.39 is 5.91 Å². The van der Waals surface area contributed by atoms with Crippen LogP contribution in [0.4, 0.5) is 5.69 Å². The second-order valence-electron chi connectivity index (χ2n) is 10.4. The van der Waals surface area contributed by atoms with E-state index in [1.807, 2.05) is 36.4 Å².